The van der Waals surface area contributed by atoms with Crippen LogP contribution in [0.3, 0.4) is 0 Å². The van der Waals surface area contributed by atoms with Crippen LogP contribution >= 0.6 is 0 Å². The highest BCUT2D eigenvalue weighted by Crippen LogP contribution is 2.24. The van der Waals surface area contributed by atoms with Crippen molar-refractivity contribution < 1.29 is 9.53 Å². The summed E-state index contributed by atoms with van der Waals surface area (Å²) in [5.74, 6) is 2.08. The van der Waals surface area contributed by atoms with Crippen molar-refractivity contribution in [3.05, 3.63) is 24.3 Å². The second kappa shape index (κ2) is 10.1. The third-order valence-corrected chi connectivity index (χ3v) is 5.87. The van der Waals surface area contributed by atoms with E-state index in [2.05, 4.69) is 32.9 Å². The predicted molar refractivity (Wildman–Crippen MR) is 111 cm³/mol. The van der Waals surface area contributed by atoms with Crippen molar-refractivity contribution in [3.63, 3.8) is 0 Å². The monoisotopic (exact) mass is 373 g/mol. The number of ether oxygens (including phenoxy) is 1. The number of Topliss-reactive ketones (excluding diaryl/α,β-unsaturated/α-hetero) is 1. The largest absolute Gasteiger partial charge is 0.494 e. The molecule has 0 radical (unpaired) electrons. The summed E-state index contributed by atoms with van der Waals surface area (Å²) in [5, 5.41) is 0. The zero-order valence-electron chi connectivity index (χ0n) is 17.0. The molecule has 0 N–H and O–H groups in total. The van der Waals surface area contributed by atoms with Gasteiger partial charge in [0, 0.05) is 37.9 Å². The van der Waals surface area contributed by atoms with Gasteiger partial charge in [0.15, 0.2) is 0 Å². The summed E-state index contributed by atoms with van der Waals surface area (Å²) in [6.45, 7) is 12.9. The number of piperazine rings is 1. The van der Waals surface area contributed by atoms with Gasteiger partial charge in [-0.2, -0.15) is 0 Å². The van der Waals surface area contributed by atoms with Crippen LogP contribution in [0.5, 0.6) is 5.75 Å². The molecule has 27 heavy (non-hydrogen) atoms. The smallest absolute Gasteiger partial charge is 0.143 e. The Balaban J connectivity index is 1.36. The lowest BCUT2D eigenvalue weighted by atomic mass is 9.93. The molecule has 0 amide bonds. The Morgan fingerprint density at radius 3 is 2.48 bits per heavy atom. The van der Waals surface area contributed by atoms with E-state index in [1.165, 1.54) is 31.5 Å². The molecule has 0 atom stereocenters. The number of hydrogen-bond acceptors (Lipinski definition) is 5. The first-order valence-electron chi connectivity index (χ1n) is 10.6. The van der Waals surface area contributed by atoms with Crippen molar-refractivity contribution in [1.82, 2.24) is 9.80 Å². The van der Waals surface area contributed by atoms with Crippen molar-refractivity contribution in [2.75, 3.05) is 63.9 Å². The summed E-state index contributed by atoms with van der Waals surface area (Å²) >= 11 is 0. The topological polar surface area (TPSA) is 36.0 Å². The summed E-state index contributed by atoms with van der Waals surface area (Å²) < 4.78 is 5.63. The number of benzene rings is 1. The lowest BCUT2D eigenvalue weighted by Crippen LogP contribution is -2.47. The molecule has 1 aromatic rings. The highest BCUT2D eigenvalue weighted by atomic mass is 16.5. The van der Waals surface area contributed by atoms with Crippen LogP contribution in [0.2, 0.25) is 0 Å². The van der Waals surface area contributed by atoms with Gasteiger partial charge in [-0.1, -0.05) is 6.07 Å². The summed E-state index contributed by atoms with van der Waals surface area (Å²) in [5.41, 5.74) is 1.28. The maximum absolute atomic E-state index is 11.2. The maximum atomic E-state index is 11.2. The van der Waals surface area contributed by atoms with Crippen LogP contribution in [0, 0.1) is 5.92 Å². The van der Waals surface area contributed by atoms with Gasteiger partial charge in [0.05, 0.1) is 13.2 Å². The molecule has 0 aliphatic carbocycles. The van der Waals surface area contributed by atoms with Crippen molar-refractivity contribution in [1.29, 1.82) is 0 Å². The van der Waals surface area contributed by atoms with Crippen molar-refractivity contribution in [2.24, 2.45) is 5.92 Å². The molecule has 5 heteroatoms. The van der Waals surface area contributed by atoms with E-state index in [-0.39, 0.29) is 5.78 Å². The first-order valence-corrected chi connectivity index (χ1v) is 10.6. The molecule has 3 rings (SSSR count). The quantitative estimate of drug-likeness (QED) is 0.700. The van der Waals surface area contributed by atoms with Gasteiger partial charge in [-0.3, -0.25) is 14.6 Å². The number of nitrogens with zero attached hydrogens (tertiary/aromatic N) is 3. The summed E-state index contributed by atoms with van der Waals surface area (Å²) in [7, 11) is 0. The van der Waals surface area contributed by atoms with E-state index in [1.807, 2.05) is 13.0 Å². The van der Waals surface area contributed by atoms with Crippen molar-refractivity contribution in [3.8, 4) is 5.75 Å². The van der Waals surface area contributed by atoms with Crippen molar-refractivity contribution >= 4 is 11.5 Å². The second-order valence-corrected chi connectivity index (χ2v) is 7.97. The number of rotatable bonds is 8. The molecule has 2 aliphatic rings. The molecular weight excluding hydrogens is 338 g/mol. The van der Waals surface area contributed by atoms with Crippen molar-refractivity contribution in [2.45, 2.75) is 33.1 Å². The Hall–Kier alpha value is -1.59. The number of piperidine rings is 1. The first kappa shape index (κ1) is 20.2. The summed E-state index contributed by atoms with van der Waals surface area (Å²) in [6.07, 6.45) is 3.79. The fourth-order valence-electron chi connectivity index (χ4n) is 4.28. The number of carbonyl (C=O) groups is 1. The second-order valence-electron chi connectivity index (χ2n) is 7.97. The van der Waals surface area contributed by atoms with Crippen LogP contribution < -0.4 is 9.64 Å². The van der Waals surface area contributed by atoms with Crippen LogP contribution in [0.25, 0.3) is 0 Å². The zero-order valence-corrected chi connectivity index (χ0v) is 17.0. The first-order chi connectivity index (χ1) is 13.1. The van der Waals surface area contributed by atoms with E-state index in [0.717, 1.165) is 50.9 Å². The van der Waals surface area contributed by atoms with E-state index in [0.29, 0.717) is 13.2 Å². The molecule has 2 heterocycles. The van der Waals surface area contributed by atoms with E-state index < -0.39 is 0 Å². The highest BCUT2D eigenvalue weighted by molar-refractivity contribution is 5.77. The fraction of sp³-hybridized carbons (Fsp3) is 0.682. The van der Waals surface area contributed by atoms with Gasteiger partial charge in [0.2, 0.25) is 0 Å². The van der Waals surface area contributed by atoms with Gasteiger partial charge in [-0.05, 0) is 70.8 Å². The summed E-state index contributed by atoms with van der Waals surface area (Å²) in [6, 6.07) is 8.47. The lowest BCUT2D eigenvalue weighted by molar-refractivity contribution is -0.118. The van der Waals surface area contributed by atoms with E-state index >= 15 is 0 Å². The van der Waals surface area contributed by atoms with Crippen LogP contribution in [0.4, 0.5) is 5.69 Å². The Morgan fingerprint density at radius 2 is 1.81 bits per heavy atom. The van der Waals surface area contributed by atoms with Gasteiger partial charge in [-0.25, -0.2) is 0 Å². The molecule has 5 nitrogen and oxygen atoms in total. The minimum atomic E-state index is 0.290. The minimum Gasteiger partial charge on any atom is -0.494 e. The Morgan fingerprint density at radius 1 is 1.07 bits per heavy atom. The Labute approximate surface area is 164 Å². The summed E-state index contributed by atoms with van der Waals surface area (Å²) in [4.78, 5) is 18.6. The van der Waals surface area contributed by atoms with Crippen LogP contribution in [0.15, 0.2) is 24.3 Å². The highest BCUT2D eigenvalue weighted by Gasteiger charge is 2.22. The predicted octanol–water partition coefficient (Wildman–Crippen LogP) is 2.90. The van der Waals surface area contributed by atoms with Gasteiger partial charge < -0.3 is 9.64 Å². The Bertz CT molecular complexity index is 591. The normalized spacial score (nSPS) is 20.0. The molecule has 1 aromatic carbocycles. The lowest BCUT2D eigenvalue weighted by Gasteiger charge is -2.37. The SMILES string of the molecule is CCOc1cccc(N2CCN(CCC3CCN(CC(C)=O)CC3)CC2)c1. The van der Waals surface area contributed by atoms with Crippen LogP contribution in [-0.2, 0) is 4.79 Å². The van der Waals surface area contributed by atoms with Crippen LogP contribution in [-0.4, -0.2) is 74.5 Å². The third kappa shape index (κ3) is 6.22. The number of carbonyl (C=O) groups excluding carboxylic acids is 1. The minimum absolute atomic E-state index is 0.290. The third-order valence-electron chi connectivity index (χ3n) is 5.87. The molecule has 2 saturated heterocycles. The van der Waals surface area contributed by atoms with Gasteiger partial charge >= 0.3 is 0 Å². The number of anilines is 1. The van der Waals surface area contributed by atoms with Gasteiger partial charge in [0.1, 0.15) is 11.5 Å². The molecule has 0 aromatic heterocycles. The zero-order chi connectivity index (χ0) is 19.1. The van der Waals surface area contributed by atoms with Gasteiger partial charge in [0.25, 0.3) is 0 Å². The van der Waals surface area contributed by atoms with Crippen LogP contribution in [0.1, 0.15) is 33.1 Å². The maximum Gasteiger partial charge on any atom is 0.143 e. The molecule has 2 aliphatic heterocycles. The average Bonchev–Trinajstić information content (AvgIpc) is 2.68. The van der Waals surface area contributed by atoms with Gasteiger partial charge in [-0.15, -0.1) is 0 Å². The fourth-order valence-corrected chi connectivity index (χ4v) is 4.28. The molecule has 0 saturated carbocycles. The van der Waals surface area contributed by atoms with E-state index in [9.17, 15) is 4.79 Å². The molecular formula is C22H35N3O2. The van der Waals surface area contributed by atoms with E-state index in [1.54, 1.807) is 6.92 Å². The average molecular weight is 374 g/mol. The molecule has 2 fully saturated rings. The molecule has 150 valence electrons. The number of ketones is 1. The molecule has 0 bridgehead atoms. The molecule has 0 spiro atoms. The Kier molecular flexibility index (Phi) is 7.53. The number of hydrogen-bond donors (Lipinski definition) is 0. The van der Waals surface area contributed by atoms with E-state index in [4.69, 9.17) is 4.74 Å². The number of likely N-dealkylation sites (tertiary alicyclic amines) is 1. The molecule has 0 unspecified atom stereocenters. The standard InChI is InChI=1S/C22H35N3O2/c1-3-27-22-6-4-5-21(17-22)25-15-13-23(14-16-25)10-7-20-8-11-24(12-9-20)18-19(2)26/h4-6,17,20H,3,7-16,18H2,1-2H3.